The molecular formula is C21H26ClN3O4S. The van der Waals surface area contributed by atoms with Crippen molar-refractivity contribution < 1.29 is 19.4 Å². The van der Waals surface area contributed by atoms with E-state index in [1.165, 1.54) is 11.3 Å². The summed E-state index contributed by atoms with van der Waals surface area (Å²) >= 11 is 7.28. The van der Waals surface area contributed by atoms with Gasteiger partial charge in [0.25, 0.3) is 5.91 Å². The first-order valence-electron chi connectivity index (χ1n) is 10.0. The topological polar surface area (TPSA) is 101 Å². The van der Waals surface area contributed by atoms with Crippen molar-refractivity contribution in [1.82, 2.24) is 10.3 Å². The minimum absolute atomic E-state index is 0.0204. The third-order valence-electron chi connectivity index (χ3n) is 5.11. The zero-order chi connectivity index (χ0) is 22.0. The van der Waals surface area contributed by atoms with Crippen LogP contribution in [0.25, 0.3) is 5.57 Å². The molecule has 0 aromatic carbocycles. The lowest BCUT2D eigenvalue weighted by atomic mass is 9.92. The molecule has 30 heavy (non-hydrogen) atoms. The minimum atomic E-state index is -0.969. The van der Waals surface area contributed by atoms with Gasteiger partial charge in [0, 0.05) is 12.8 Å². The van der Waals surface area contributed by atoms with Gasteiger partial charge in [-0.2, -0.15) is 0 Å². The highest BCUT2D eigenvalue weighted by Crippen LogP contribution is 2.33. The van der Waals surface area contributed by atoms with Crippen LogP contribution in [0.5, 0.6) is 0 Å². The van der Waals surface area contributed by atoms with Crippen LogP contribution >= 0.6 is 22.9 Å². The molecule has 0 saturated heterocycles. The molecule has 162 valence electrons. The van der Waals surface area contributed by atoms with Crippen molar-refractivity contribution in [2.45, 2.75) is 71.6 Å². The average molecular weight is 452 g/mol. The van der Waals surface area contributed by atoms with E-state index >= 15 is 0 Å². The SMILES string of the molecule is CCC1=C(Cl)N=C(C(=O)N[C@@H]2CC=C(c3nc(C)c(C(=O)O)s3)C[C@@H]2OC(C)C)C1. The zero-order valence-corrected chi connectivity index (χ0v) is 19.1. The first-order valence-corrected chi connectivity index (χ1v) is 11.2. The first kappa shape index (κ1) is 22.7. The van der Waals surface area contributed by atoms with Crippen molar-refractivity contribution in [3.05, 3.63) is 32.4 Å². The van der Waals surface area contributed by atoms with Crippen molar-refractivity contribution in [1.29, 1.82) is 0 Å². The number of rotatable bonds is 7. The Labute approximate surface area is 184 Å². The Bertz CT molecular complexity index is 948. The summed E-state index contributed by atoms with van der Waals surface area (Å²) in [5.41, 5.74) is 2.85. The predicted molar refractivity (Wildman–Crippen MR) is 118 cm³/mol. The van der Waals surface area contributed by atoms with Crippen LogP contribution in [-0.2, 0) is 9.53 Å². The van der Waals surface area contributed by atoms with E-state index in [9.17, 15) is 14.7 Å². The summed E-state index contributed by atoms with van der Waals surface area (Å²) < 4.78 is 6.10. The smallest absolute Gasteiger partial charge is 0.347 e. The van der Waals surface area contributed by atoms with Gasteiger partial charge in [-0.3, -0.25) is 4.79 Å². The number of thiazole rings is 1. The van der Waals surface area contributed by atoms with Gasteiger partial charge in [0.2, 0.25) is 0 Å². The Balaban J connectivity index is 1.75. The number of aromatic carboxylic acids is 1. The van der Waals surface area contributed by atoms with Crippen molar-refractivity contribution >= 4 is 46.1 Å². The fourth-order valence-corrected chi connectivity index (χ4v) is 4.84. The molecule has 2 atom stereocenters. The van der Waals surface area contributed by atoms with Crippen LogP contribution in [0.2, 0.25) is 0 Å². The molecule has 0 fully saturated rings. The normalized spacial score (nSPS) is 21.7. The molecule has 1 amide bonds. The van der Waals surface area contributed by atoms with Gasteiger partial charge in [-0.15, -0.1) is 11.3 Å². The first-order chi connectivity index (χ1) is 14.2. The molecule has 9 heteroatoms. The molecule has 0 spiro atoms. The molecule has 7 nitrogen and oxygen atoms in total. The van der Waals surface area contributed by atoms with E-state index in [4.69, 9.17) is 16.3 Å². The second-order valence-electron chi connectivity index (χ2n) is 7.69. The number of ether oxygens (including phenoxy) is 1. The Kier molecular flexibility index (Phi) is 7.10. The number of nitrogens with zero attached hydrogens (tertiary/aromatic N) is 2. The molecule has 2 heterocycles. The standard InChI is InChI=1S/C21H26ClN3O4S/c1-5-12-8-15(24-18(12)22)19(26)25-14-7-6-13(9-16(14)29-10(2)3)20-23-11(4)17(30-20)21(27)28/h6,10,14,16H,5,7-9H2,1-4H3,(H,25,26)(H,27,28)/t14-,16+/m1/s1. The molecule has 0 unspecified atom stereocenters. The molecule has 1 aliphatic carbocycles. The Morgan fingerprint density at radius 2 is 2.17 bits per heavy atom. The van der Waals surface area contributed by atoms with Crippen LogP contribution in [0, 0.1) is 6.92 Å². The summed E-state index contributed by atoms with van der Waals surface area (Å²) in [5.74, 6) is -1.20. The number of carbonyl (C=O) groups excluding carboxylic acids is 1. The fraction of sp³-hybridized carbons (Fsp3) is 0.524. The number of halogens is 1. The largest absolute Gasteiger partial charge is 0.477 e. The Morgan fingerprint density at radius 1 is 1.43 bits per heavy atom. The quantitative estimate of drug-likeness (QED) is 0.601. The van der Waals surface area contributed by atoms with E-state index in [1.807, 2.05) is 26.8 Å². The molecule has 0 bridgehead atoms. The number of nitrogens with one attached hydrogen (secondary N) is 1. The summed E-state index contributed by atoms with van der Waals surface area (Å²) in [7, 11) is 0. The number of carboxylic acids is 1. The van der Waals surface area contributed by atoms with E-state index < -0.39 is 5.97 Å². The molecule has 2 aliphatic rings. The molecular weight excluding hydrogens is 426 g/mol. The summed E-state index contributed by atoms with van der Waals surface area (Å²) in [5, 5.41) is 13.5. The second kappa shape index (κ2) is 9.41. The summed E-state index contributed by atoms with van der Waals surface area (Å²) in [6.45, 7) is 7.59. The molecule has 1 aromatic rings. The van der Waals surface area contributed by atoms with Crippen molar-refractivity contribution in [3.8, 4) is 0 Å². The highest BCUT2D eigenvalue weighted by molar-refractivity contribution is 7.14. The number of allylic oxidation sites excluding steroid dienone is 1. The van der Waals surface area contributed by atoms with Gasteiger partial charge in [-0.05, 0) is 44.8 Å². The van der Waals surface area contributed by atoms with Gasteiger partial charge in [-0.25, -0.2) is 14.8 Å². The molecule has 0 radical (unpaired) electrons. The molecule has 3 rings (SSSR count). The van der Waals surface area contributed by atoms with Crippen LogP contribution in [-0.4, -0.2) is 45.9 Å². The lowest BCUT2D eigenvalue weighted by Gasteiger charge is -2.33. The van der Waals surface area contributed by atoms with E-state index in [-0.39, 0.29) is 29.0 Å². The van der Waals surface area contributed by atoms with Crippen LogP contribution in [0.4, 0.5) is 0 Å². The maximum atomic E-state index is 12.7. The number of hydrogen-bond donors (Lipinski definition) is 2. The van der Waals surface area contributed by atoms with E-state index in [1.54, 1.807) is 6.92 Å². The third-order valence-corrected chi connectivity index (χ3v) is 6.68. The van der Waals surface area contributed by atoms with Crippen LogP contribution in [0.15, 0.2) is 21.8 Å². The van der Waals surface area contributed by atoms with Crippen LogP contribution < -0.4 is 5.32 Å². The fourth-order valence-electron chi connectivity index (χ4n) is 3.58. The lowest BCUT2D eigenvalue weighted by molar-refractivity contribution is -0.117. The highest BCUT2D eigenvalue weighted by Gasteiger charge is 2.32. The van der Waals surface area contributed by atoms with Gasteiger partial charge >= 0.3 is 5.97 Å². The number of aromatic nitrogens is 1. The van der Waals surface area contributed by atoms with Gasteiger partial charge in [0.05, 0.1) is 23.9 Å². The van der Waals surface area contributed by atoms with Gasteiger partial charge in [0.15, 0.2) is 0 Å². The van der Waals surface area contributed by atoms with Crippen molar-refractivity contribution in [2.75, 3.05) is 0 Å². The Hall–Kier alpha value is -2.03. The van der Waals surface area contributed by atoms with Crippen molar-refractivity contribution in [2.24, 2.45) is 4.99 Å². The second-order valence-corrected chi connectivity index (χ2v) is 9.05. The van der Waals surface area contributed by atoms with Crippen LogP contribution in [0.1, 0.15) is 66.8 Å². The van der Waals surface area contributed by atoms with E-state index in [0.717, 1.165) is 17.6 Å². The number of aryl methyl sites for hydroxylation is 1. The predicted octanol–water partition coefficient (Wildman–Crippen LogP) is 4.31. The number of carboxylic acid groups (broad SMARTS) is 1. The maximum Gasteiger partial charge on any atom is 0.347 e. The molecule has 1 aliphatic heterocycles. The average Bonchev–Trinajstić information content (AvgIpc) is 3.25. The maximum absolute atomic E-state index is 12.7. The minimum Gasteiger partial charge on any atom is -0.477 e. The third kappa shape index (κ3) is 4.99. The number of amides is 1. The van der Waals surface area contributed by atoms with Gasteiger partial charge in [0.1, 0.15) is 20.8 Å². The van der Waals surface area contributed by atoms with Crippen LogP contribution in [0.3, 0.4) is 0 Å². The number of aliphatic imine (C=N–C) groups is 1. The molecule has 1 aromatic heterocycles. The summed E-state index contributed by atoms with van der Waals surface area (Å²) in [6.07, 6.45) is 4.08. The number of carbonyl (C=O) groups is 2. The zero-order valence-electron chi connectivity index (χ0n) is 17.5. The Morgan fingerprint density at radius 3 is 2.73 bits per heavy atom. The highest BCUT2D eigenvalue weighted by atomic mass is 35.5. The van der Waals surface area contributed by atoms with Crippen molar-refractivity contribution in [3.63, 3.8) is 0 Å². The summed E-state index contributed by atoms with van der Waals surface area (Å²) in [4.78, 5) is 33.0. The van der Waals surface area contributed by atoms with Gasteiger partial charge < -0.3 is 15.2 Å². The summed E-state index contributed by atoms with van der Waals surface area (Å²) in [6, 6.07) is -0.212. The number of hydrogen-bond acceptors (Lipinski definition) is 6. The van der Waals surface area contributed by atoms with Gasteiger partial charge in [-0.1, -0.05) is 24.6 Å². The molecule has 0 saturated carbocycles. The van der Waals surface area contributed by atoms with E-state index in [2.05, 4.69) is 15.3 Å². The monoisotopic (exact) mass is 451 g/mol. The van der Waals surface area contributed by atoms with E-state index in [0.29, 0.717) is 40.8 Å². The lowest BCUT2D eigenvalue weighted by Crippen LogP contribution is -2.48. The molecule has 2 N–H and O–H groups in total.